The van der Waals surface area contributed by atoms with E-state index in [2.05, 4.69) is 31.5 Å². The maximum Gasteiger partial charge on any atom is 0.288 e. The molecule has 4 rings (SSSR count). The molecular formula is C23H14BrClN4O5S. The molecule has 0 aliphatic heterocycles. The van der Waals surface area contributed by atoms with Crippen molar-refractivity contribution >= 4 is 79.3 Å². The highest BCUT2D eigenvalue weighted by atomic mass is 79.9. The van der Waals surface area contributed by atoms with Crippen LogP contribution in [0.3, 0.4) is 0 Å². The molecule has 1 amide bonds. The number of aromatic hydroxyl groups is 1. The average molecular weight is 574 g/mol. The Morgan fingerprint density at radius 3 is 2.74 bits per heavy atom. The first-order chi connectivity index (χ1) is 16.7. The summed E-state index contributed by atoms with van der Waals surface area (Å²) in [5, 5.41) is 26.1. The Kier molecular flexibility index (Phi) is 7.10. The van der Waals surface area contributed by atoms with Crippen molar-refractivity contribution in [2.75, 3.05) is 5.32 Å². The zero-order valence-corrected chi connectivity index (χ0v) is 20.6. The number of fused-ring (bicyclic) bond motifs is 1. The molecule has 176 valence electrons. The van der Waals surface area contributed by atoms with Crippen molar-refractivity contribution in [3.8, 4) is 17.2 Å². The molecule has 0 saturated carbocycles. The van der Waals surface area contributed by atoms with Gasteiger partial charge in [-0.2, -0.15) is 0 Å². The normalized spacial score (nSPS) is 11.0. The Morgan fingerprint density at radius 2 is 2.00 bits per heavy atom. The number of nitrogens with zero attached hydrogens (tertiary/aromatic N) is 2. The van der Waals surface area contributed by atoms with Crippen LogP contribution >= 0.6 is 39.7 Å². The molecule has 12 heteroatoms. The summed E-state index contributed by atoms with van der Waals surface area (Å²) in [6.07, 6.45) is 2.61. The number of phenols is 1. The maximum absolute atomic E-state index is 12.2. The minimum absolute atomic E-state index is 0.00844. The second-order valence-corrected chi connectivity index (χ2v) is 8.78. The van der Waals surface area contributed by atoms with Crippen LogP contribution in [0.15, 0.2) is 69.6 Å². The number of halogens is 2. The van der Waals surface area contributed by atoms with Gasteiger partial charge in [-0.15, -0.1) is 0 Å². The summed E-state index contributed by atoms with van der Waals surface area (Å²) < 4.78 is 6.29. The fraction of sp³-hybridized carbons (Fsp3) is 0. The zero-order valence-electron chi connectivity index (χ0n) is 17.5. The van der Waals surface area contributed by atoms with Crippen molar-refractivity contribution in [3.05, 3.63) is 85.8 Å². The van der Waals surface area contributed by atoms with E-state index >= 15 is 0 Å². The van der Waals surface area contributed by atoms with Gasteiger partial charge in [0.25, 0.3) is 5.69 Å². The molecule has 0 aliphatic carbocycles. The molecular weight excluding hydrogens is 560 g/mol. The molecule has 0 saturated heterocycles. The standard InChI is InChI=1S/C23H14BrClN4O5S/c24-15-10-13(3-6-19(15)30)22-27-17-11-14(4-7-20(17)34-22)26-23(35)28-21(31)8-2-12-1-5-16(25)18(9-12)29(32)33/h1-11,30H,(H2,26,28,31,35)/b8-2+. The number of hydrogen-bond donors (Lipinski definition) is 3. The molecule has 0 bridgehead atoms. The minimum Gasteiger partial charge on any atom is -0.507 e. The summed E-state index contributed by atoms with van der Waals surface area (Å²) in [4.78, 5) is 27.0. The Bertz CT molecular complexity index is 1520. The largest absolute Gasteiger partial charge is 0.507 e. The molecule has 3 aromatic carbocycles. The lowest BCUT2D eigenvalue weighted by molar-refractivity contribution is -0.384. The highest BCUT2D eigenvalue weighted by molar-refractivity contribution is 9.10. The highest BCUT2D eigenvalue weighted by Crippen LogP contribution is 2.31. The molecule has 4 aromatic rings. The molecule has 0 spiro atoms. The molecule has 9 nitrogen and oxygen atoms in total. The van der Waals surface area contributed by atoms with Gasteiger partial charge in [-0.1, -0.05) is 17.7 Å². The Balaban J connectivity index is 1.41. The number of phenolic OH excluding ortho intramolecular Hbond substituents is 1. The van der Waals surface area contributed by atoms with Crippen molar-refractivity contribution in [1.29, 1.82) is 0 Å². The van der Waals surface area contributed by atoms with Crippen LogP contribution in [0.5, 0.6) is 5.75 Å². The second kappa shape index (κ2) is 10.2. The molecule has 0 unspecified atom stereocenters. The topological polar surface area (TPSA) is 131 Å². The van der Waals surface area contributed by atoms with E-state index in [0.717, 1.165) is 0 Å². The molecule has 0 fully saturated rings. The number of oxazole rings is 1. The Hall–Kier alpha value is -3.80. The van der Waals surface area contributed by atoms with Gasteiger partial charge in [0.2, 0.25) is 11.8 Å². The SMILES string of the molecule is O=C(/C=C/c1ccc(Cl)c([N+](=O)[O-])c1)NC(=S)Nc1ccc2oc(-c3ccc(O)c(Br)c3)nc2c1. The molecule has 0 aliphatic rings. The monoisotopic (exact) mass is 572 g/mol. The number of amides is 1. The number of carbonyl (C=O) groups excluding carboxylic acids is 1. The summed E-state index contributed by atoms with van der Waals surface area (Å²) in [5.41, 5.74) is 2.55. The Labute approximate surface area is 216 Å². The van der Waals surface area contributed by atoms with Crippen LogP contribution in [0.1, 0.15) is 5.56 Å². The van der Waals surface area contributed by atoms with E-state index in [4.69, 9.17) is 28.2 Å². The maximum atomic E-state index is 12.2. The molecule has 35 heavy (non-hydrogen) atoms. The fourth-order valence-electron chi connectivity index (χ4n) is 3.03. The number of rotatable bonds is 5. The lowest BCUT2D eigenvalue weighted by Crippen LogP contribution is -2.32. The summed E-state index contributed by atoms with van der Waals surface area (Å²) in [5.74, 6) is -0.0413. The van der Waals surface area contributed by atoms with E-state index in [1.807, 2.05) is 0 Å². The van der Waals surface area contributed by atoms with E-state index in [9.17, 15) is 20.0 Å². The number of hydrogen-bond acceptors (Lipinski definition) is 7. The van der Waals surface area contributed by atoms with Gasteiger partial charge < -0.3 is 14.8 Å². The minimum atomic E-state index is -0.600. The number of aromatic nitrogens is 1. The van der Waals surface area contributed by atoms with Gasteiger partial charge in [0, 0.05) is 23.4 Å². The third-order valence-electron chi connectivity index (χ3n) is 4.67. The number of benzene rings is 3. The number of nitro groups is 1. The third kappa shape index (κ3) is 5.83. The first-order valence-corrected chi connectivity index (χ1v) is 11.4. The molecule has 1 heterocycles. The van der Waals surface area contributed by atoms with E-state index in [-0.39, 0.29) is 21.6 Å². The smallest absolute Gasteiger partial charge is 0.288 e. The van der Waals surface area contributed by atoms with Crippen molar-refractivity contribution in [2.45, 2.75) is 0 Å². The van der Waals surface area contributed by atoms with Gasteiger partial charge >= 0.3 is 0 Å². The average Bonchev–Trinajstić information content (AvgIpc) is 3.23. The van der Waals surface area contributed by atoms with Gasteiger partial charge in [0.15, 0.2) is 10.7 Å². The van der Waals surface area contributed by atoms with Crippen LogP contribution < -0.4 is 10.6 Å². The van der Waals surface area contributed by atoms with Crippen LogP contribution in [-0.4, -0.2) is 26.0 Å². The zero-order chi connectivity index (χ0) is 25.1. The first kappa shape index (κ1) is 24.3. The highest BCUT2D eigenvalue weighted by Gasteiger charge is 2.13. The third-order valence-corrected chi connectivity index (χ3v) is 5.83. The predicted octanol–water partition coefficient (Wildman–Crippen LogP) is 6.05. The van der Waals surface area contributed by atoms with Crippen LogP contribution in [0.25, 0.3) is 28.6 Å². The van der Waals surface area contributed by atoms with Gasteiger partial charge in [0.05, 0.1) is 9.40 Å². The molecule has 1 aromatic heterocycles. The number of nitro benzene ring substituents is 1. The van der Waals surface area contributed by atoms with Gasteiger partial charge in [-0.25, -0.2) is 4.98 Å². The van der Waals surface area contributed by atoms with Crippen molar-refractivity contribution in [2.24, 2.45) is 0 Å². The number of anilines is 1. The molecule has 0 atom stereocenters. The van der Waals surface area contributed by atoms with Crippen LogP contribution in [0, 0.1) is 10.1 Å². The molecule has 3 N–H and O–H groups in total. The van der Waals surface area contributed by atoms with Crippen LogP contribution in [-0.2, 0) is 4.79 Å². The van der Waals surface area contributed by atoms with E-state index in [1.54, 1.807) is 36.4 Å². The van der Waals surface area contributed by atoms with Gasteiger partial charge in [0.1, 0.15) is 16.3 Å². The fourth-order valence-corrected chi connectivity index (χ4v) is 3.81. The summed E-state index contributed by atoms with van der Waals surface area (Å²) in [6, 6.07) is 14.2. The quantitative estimate of drug-likeness (QED) is 0.114. The first-order valence-electron chi connectivity index (χ1n) is 9.83. The lowest BCUT2D eigenvalue weighted by Gasteiger charge is -2.07. The van der Waals surface area contributed by atoms with Crippen molar-refractivity contribution < 1.29 is 19.2 Å². The number of nitrogens with one attached hydrogen (secondary N) is 2. The summed E-state index contributed by atoms with van der Waals surface area (Å²) in [7, 11) is 0. The summed E-state index contributed by atoms with van der Waals surface area (Å²) in [6.45, 7) is 0. The van der Waals surface area contributed by atoms with Gasteiger partial charge in [-0.05, 0) is 82.3 Å². The summed E-state index contributed by atoms with van der Waals surface area (Å²) >= 11 is 14.2. The Morgan fingerprint density at radius 1 is 1.20 bits per heavy atom. The van der Waals surface area contributed by atoms with Gasteiger partial charge in [-0.3, -0.25) is 20.2 Å². The molecule has 0 radical (unpaired) electrons. The number of carbonyl (C=O) groups is 1. The van der Waals surface area contributed by atoms with Crippen molar-refractivity contribution in [1.82, 2.24) is 10.3 Å². The van der Waals surface area contributed by atoms with Crippen LogP contribution in [0.2, 0.25) is 5.02 Å². The van der Waals surface area contributed by atoms with E-state index < -0.39 is 10.8 Å². The van der Waals surface area contributed by atoms with E-state index in [0.29, 0.717) is 38.3 Å². The van der Waals surface area contributed by atoms with Crippen LogP contribution in [0.4, 0.5) is 11.4 Å². The lowest BCUT2D eigenvalue weighted by atomic mass is 10.2. The predicted molar refractivity (Wildman–Crippen MR) is 140 cm³/mol. The van der Waals surface area contributed by atoms with E-state index in [1.165, 1.54) is 30.4 Å². The number of thiocarbonyl (C=S) groups is 1. The second-order valence-electron chi connectivity index (χ2n) is 7.11. The van der Waals surface area contributed by atoms with Crippen molar-refractivity contribution in [3.63, 3.8) is 0 Å².